The number of nitrogens with zero attached hydrogens (tertiary/aromatic N) is 3. The maximum absolute atomic E-state index is 11.7. The van der Waals surface area contributed by atoms with Crippen LogP contribution in [-0.4, -0.2) is 47.2 Å². The molecule has 1 N–H and O–H groups in total. The van der Waals surface area contributed by atoms with Crippen LogP contribution in [0.3, 0.4) is 0 Å². The Hall–Kier alpha value is -2.02. The first kappa shape index (κ1) is 12.4. The molecule has 1 unspecified atom stereocenters. The molecular weight excluding hydrogens is 238 g/mol. The van der Waals surface area contributed by atoms with E-state index >= 15 is 0 Å². The predicted octanol–water partition coefficient (Wildman–Crippen LogP) is -0.392. The minimum Gasteiger partial charge on any atom is -0.465 e. The molecule has 1 amide bonds. The second kappa shape index (κ2) is 5.09. The second-order valence-electron chi connectivity index (χ2n) is 4.02. The van der Waals surface area contributed by atoms with Crippen LogP contribution in [0.4, 0.5) is 5.95 Å². The lowest BCUT2D eigenvalue weighted by Gasteiger charge is -2.13. The van der Waals surface area contributed by atoms with Crippen LogP contribution in [-0.2, 0) is 9.53 Å². The molecule has 1 fully saturated rings. The molecule has 7 nitrogen and oxygen atoms in total. The summed E-state index contributed by atoms with van der Waals surface area (Å²) >= 11 is 0. The molecule has 2 heterocycles. The van der Waals surface area contributed by atoms with Crippen molar-refractivity contribution in [2.24, 2.45) is 5.92 Å². The third kappa shape index (κ3) is 2.30. The summed E-state index contributed by atoms with van der Waals surface area (Å²) in [7, 11) is 1.27. The van der Waals surface area contributed by atoms with Gasteiger partial charge in [0, 0.05) is 37.9 Å². The second-order valence-corrected chi connectivity index (χ2v) is 4.02. The molecule has 7 heteroatoms. The van der Waals surface area contributed by atoms with E-state index in [-0.39, 0.29) is 29.9 Å². The summed E-state index contributed by atoms with van der Waals surface area (Å²) in [6, 6.07) is 0. The van der Waals surface area contributed by atoms with Gasteiger partial charge < -0.3 is 9.84 Å². The summed E-state index contributed by atoms with van der Waals surface area (Å²) in [5.41, 5.74) is 0.228. The number of ether oxygens (including phenoxy) is 1. The van der Waals surface area contributed by atoms with E-state index in [4.69, 9.17) is 5.11 Å². The molecule has 0 spiro atoms. The van der Waals surface area contributed by atoms with Crippen molar-refractivity contribution in [3.8, 4) is 0 Å². The highest BCUT2D eigenvalue weighted by Crippen LogP contribution is 2.21. The minimum absolute atomic E-state index is 0.0392. The van der Waals surface area contributed by atoms with Gasteiger partial charge in [-0.05, 0) is 0 Å². The summed E-state index contributed by atoms with van der Waals surface area (Å²) in [5, 5.41) is 9.02. The average Bonchev–Trinajstić information content (AvgIpc) is 2.79. The summed E-state index contributed by atoms with van der Waals surface area (Å²) in [6.07, 6.45) is 2.92. The summed E-state index contributed by atoms with van der Waals surface area (Å²) in [6.45, 7) is 0.357. The predicted molar refractivity (Wildman–Crippen MR) is 60.9 cm³/mol. The SMILES string of the molecule is COC(=O)c1cnc(N2CC(CO)CC2=O)nc1. The number of hydrogen-bond donors (Lipinski definition) is 1. The highest BCUT2D eigenvalue weighted by molar-refractivity contribution is 5.94. The number of esters is 1. The fraction of sp³-hybridized carbons (Fsp3) is 0.455. The van der Waals surface area contributed by atoms with Crippen molar-refractivity contribution < 1.29 is 19.4 Å². The van der Waals surface area contributed by atoms with Crippen LogP contribution in [0, 0.1) is 5.92 Å². The Morgan fingerprint density at radius 3 is 2.72 bits per heavy atom. The van der Waals surface area contributed by atoms with Crippen LogP contribution < -0.4 is 4.90 Å². The van der Waals surface area contributed by atoms with Crippen molar-refractivity contribution in [1.29, 1.82) is 0 Å². The lowest BCUT2D eigenvalue weighted by molar-refractivity contribution is -0.117. The standard InChI is InChI=1S/C11H13N3O4/c1-18-10(17)8-3-12-11(13-4-8)14-5-7(6-15)2-9(14)16/h3-4,7,15H,2,5-6H2,1H3. The molecule has 0 aromatic carbocycles. The van der Waals surface area contributed by atoms with Gasteiger partial charge in [-0.25, -0.2) is 14.8 Å². The van der Waals surface area contributed by atoms with E-state index in [1.54, 1.807) is 0 Å². The maximum Gasteiger partial charge on any atom is 0.341 e. The number of hydrogen-bond acceptors (Lipinski definition) is 6. The van der Waals surface area contributed by atoms with Gasteiger partial charge in [0.15, 0.2) is 0 Å². The van der Waals surface area contributed by atoms with Crippen molar-refractivity contribution in [2.45, 2.75) is 6.42 Å². The van der Waals surface area contributed by atoms with Gasteiger partial charge in [-0.1, -0.05) is 0 Å². The zero-order valence-corrected chi connectivity index (χ0v) is 9.87. The Labute approximate surface area is 103 Å². The molecule has 0 bridgehead atoms. The lowest BCUT2D eigenvalue weighted by Crippen LogP contribution is -2.27. The van der Waals surface area contributed by atoms with Gasteiger partial charge in [-0.2, -0.15) is 0 Å². The molecule has 1 aliphatic heterocycles. The first-order chi connectivity index (χ1) is 8.65. The van der Waals surface area contributed by atoms with Crippen molar-refractivity contribution in [3.63, 3.8) is 0 Å². The van der Waals surface area contributed by atoms with Crippen LogP contribution in [0.1, 0.15) is 16.8 Å². The van der Waals surface area contributed by atoms with E-state index in [1.807, 2.05) is 0 Å². The monoisotopic (exact) mass is 251 g/mol. The van der Waals surface area contributed by atoms with Crippen molar-refractivity contribution in [3.05, 3.63) is 18.0 Å². The van der Waals surface area contributed by atoms with E-state index < -0.39 is 5.97 Å². The molecule has 0 radical (unpaired) electrons. The molecule has 1 aromatic rings. The first-order valence-corrected chi connectivity index (χ1v) is 5.47. The molecule has 18 heavy (non-hydrogen) atoms. The number of aliphatic hydroxyl groups excluding tert-OH is 1. The molecule has 1 atom stereocenters. The highest BCUT2D eigenvalue weighted by atomic mass is 16.5. The van der Waals surface area contributed by atoms with Crippen LogP contribution in [0.2, 0.25) is 0 Å². The number of aliphatic hydroxyl groups is 1. The molecule has 96 valence electrons. The number of rotatable bonds is 3. The Morgan fingerprint density at radius 1 is 1.56 bits per heavy atom. The van der Waals surface area contributed by atoms with Gasteiger partial charge in [-0.3, -0.25) is 9.69 Å². The van der Waals surface area contributed by atoms with E-state index in [2.05, 4.69) is 14.7 Å². The maximum atomic E-state index is 11.7. The largest absolute Gasteiger partial charge is 0.465 e. The molecule has 1 saturated heterocycles. The number of aromatic nitrogens is 2. The number of anilines is 1. The van der Waals surface area contributed by atoms with Gasteiger partial charge in [0.05, 0.1) is 12.7 Å². The van der Waals surface area contributed by atoms with Crippen molar-refractivity contribution in [2.75, 3.05) is 25.2 Å². The quantitative estimate of drug-likeness (QED) is 0.735. The lowest BCUT2D eigenvalue weighted by atomic mass is 10.1. The summed E-state index contributed by atoms with van der Waals surface area (Å²) in [5.74, 6) is -0.493. The molecule has 1 aromatic heterocycles. The Kier molecular flexibility index (Phi) is 3.52. The molecule has 0 saturated carbocycles. The smallest absolute Gasteiger partial charge is 0.341 e. The van der Waals surface area contributed by atoms with Crippen LogP contribution in [0.25, 0.3) is 0 Å². The van der Waals surface area contributed by atoms with E-state index in [0.717, 1.165) is 0 Å². The summed E-state index contributed by atoms with van der Waals surface area (Å²) < 4.78 is 4.52. The highest BCUT2D eigenvalue weighted by Gasteiger charge is 2.31. The van der Waals surface area contributed by atoms with Gasteiger partial charge >= 0.3 is 5.97 Å². The van der Waals surface area contributed by atoms with Crippen LogP contribution in [0.15, 0.2) is 12.4 Å². The minimum atomic E-state index is -0.525. The number of carbonyl (C=O) groups excluding carboxylic acids is 2. The zero-order chi connectivity index (χ0) is 13.1. The number of methoxy groups -OCH3 is 1. The Balaban J connectivity index is 2.15. The molecule has 2 rings (SSSR count). The fourth-order valence-corrected chi connectivity index (χ4v) is 1.78. The summed E-state index contributed by atoms with van der Waals surface area (Å²) in [4.78, 5) is 32.2. The van der Waals surface area contributed by atoms with Crippen molar-refractivity contribution in [1.82, 2.24) is 9.97 Å². The number of amides is 1. The molecular formula is C11H13N3O4. The Bertz CT molecular complexity index is 460. The zero-order valence-electron chi connectivity index (χ0n) is 9.87. The normalized spacial score (nSPS) is 19.1. The van der Waals surface area contributed by atoms with Gasteiger partial charge in [-0.15, -0.1) is 0 Å². The molecule has 1 aliphatic rings. The number of carbonyl (C=O) groups is 2. The third-order valence-corrected chi connectivity index (χ3v) is 2.76. The Morgan fingerprint density at radius 2 is 2.22 bits per heavy atom. The first-order valence-electron chi connectivity index (χ1n) is 5.47. The van der Waals surface area contributed by atoms with Gasteiger partial charge in [0.2, 0.25) is 11.9 Å². The topological polar surface area (TPSA) is 92.6 Å². The third-order valence-electron chi connectivity index (χ3n) is 2.76. The van der Waals surface area contributed by atoms with E-state index in [1.165, 1.54) is 24.4 Å². The van der Waals surface area contributed by atoms with E-state index in [0.29, 0.717) is 13.0 Å². The van der Waals surface area contributed by atoms with Gasteiger partial charge in [0.1, 0.15) is 0 Å². The fourth-order valence-electron chi connectivity index (χ4n) is 1.78. The van der Waals surface area contributed by atoms with Crippen molar-refractivity contribution >= 4 is 17.8 Å². The van der Waals surface area contributed by atoms with Crippen LogP contribution in [0.5, 0.6) is 0 Å². The van der Waals surface area contributed by atoms with Crippen LogP contribution >= 0.6 is 0 Å². The molecule has 0 aliphatic carbocycles. The van der Waals surface area contributed by atoms with Gasteiger partial charge in [0.25, 0.3) is 0 Å². The van der Waals surface area contributed by atoms with E-state index in [9.17, 15) is 9.59 Å². The average molecular weight is 251 g/mol.